The molecule has 0 rings (SSSR count). The SMILES string of the molecule is N=N/N=N/S(=O)(=O)O. The van der Waals surface area contributed by atoms with Crippen LogP contribution in [-0.2, 0) is 10.3 Å². The van der Waals surface area contributed by atoms with E-state index < -0.39 is 10.3 Å². The Kier molecular flexibility index (Phi) is 2.16. The van der Waals surface area contributed by atoms with E-state index in [1.54, 1.807) is 0 Å². The van der Waals surface area contributed by atoms with Crippen molar-refractivity contribution in [1.29, 1.82) is 5.53 Å². The monoisotopic (exact) mass is 138 g/mol. The molecule has 0 aromatic rings. The highest BCUT2D eigenvalue weighted by molar-refractivity contribution is 7.84. The van der Waals surface area contributed by atoms with Gasteiger partial charge >= 0.3 is 10.3 Å². The Bertz CT molecular complexity index is 187. The predicted octanol–water partition coefficient (Wildman–Crippen LogP) is 0.187. The first-order chi connectivity index (χ1) is 3.56. The second-order valence-corrected chi connectivity index (χ2v) is 1.78. The first-order valence-electron chi connectivity index (χ1n) is 1.32. The van der Waals surface area contributed by atoms with Crippen LogP contribution in [0.2, 0.25) is 0 Å². The summed E-state index contributed by atoms with van der Waals surface area (Å²) in [5, 5.41) is 4.51. The maximum absolute atomic E-state index is 9.54. The van der Waals surface area contributed by atoms with Crippen molar-refractivity contribution in [2.75, 3.05) is 0 Å². The van der Waals surface area contributed by atoms with Gasteiger partial charge in [0.1, 0.15) is 0 Å². The summed E-state index contributed by atoms with van der Waals surface area (Å²) in [6.07, 6.45) is 0. The van der Waals surface area contributed by atoms with Crippen LogP contribution in [0.4, 0.5) is 0 Å². The van der Waals surface area contributed by atoms with Gasteiger partial charge in [0.25, 0.3) is 0 Å². The molecule has 46 valence electrons. The van der Waals surface area contributed by atoms with Crippen LogP contribution in [0.3, 0.4) is 0 Å². The minimum atomic E-state index is -4.44. The topological polar surface area (TPSA) is 115 Å². The summed E-state index contributed by atoms with van der Waals surface area (Å²) >= 11 is 0. The van der Waals surface area contributed by atoms with Crippen molar-refractivity contribution in [2.24, 2.45) is 15.0 Å². The standard InChI is InChI=1S/H2N4O3S/c1-2-3-4-8(5,6)7/h1H,(H,5,6,7)/b2-1?,4-3+. The quantitative estimate of drug-likeness (QED) is 0.322. The summed E-state index contributed by atoms with van der Waals surface area (Å²) in [5.74, 6) is 0. The van der Waals surface area contributed by atoms with Gasteiger partial charge in [0, 0.05) is 0 Å². The minimum absolute atomic E-state index is 2.17. The molecular weight excluding hydrogens is 136 g/mol. The van der Waals surface area contributed by atoms with Crippen LogP contribution in [0.25, 0.3) is 0 Å². The van der Waals surface area contributed by atoms with Crippen molar-refractivity contribution in [1.82, 2.24) is 0 Å². The zero-order chi connectivity index (χ0) is 6.62. The summed E-state index contributed by atoms with van der Waals surface area (Å²) in [6.45, 7) is 0. The van der Waals surface area contributed by atoms with Gasteiger partial charge in [-0.25, -0.2) is 0 Å². The summed E-state index contributed by atoms with van der Waals surface area (Å²) in [4.78, 5) is 0. The van der Waals surface area contributed by atoms with E-state index in [4.69, 9.17) is 10.1 Å². The molecule has 0 aliphatic heterocycles. The van der Waals surface area contributed by atoms with E-state index in [-0.39, 0.29) is 0 Å². The van der Waals surface area contributed by atoms with Gasteiger partial charge in [-0.2, -0.15) is 13.9 Å². The first-order valence-corrected chi connectivity index (χ1v) is 2.72. The van der Waals surface area contributed by atoms with E-state index >= 15 is 0 Å². The normalized spacial score (nSPS) is 12.1. The van der Waals surface area contributed by atoms with Gasteiger partial charge < -0.3 is 0 Å². The maximum Gasteiger partial charge on any atom is 0.397 e. The van der Waals surface area contributed by atoms with Crippen molar-refractivity contribution < 1.29 is 13.0 Å². The van der Waals surface area contributed by atoms with Crippen LogP contribution < -0.4 is 0 Å². The molecule has 0 atom stereocenters. The van der Waals surface area contributed by atoms with Gasteiger partial charge in [-0.1, -0.05) is 0 Å². The lowest BCUT2D eigenvalue weighted by Gasteiger charge is -1.74. The highest BCUT2D eigenvalue weighted by Crippen LogP contribution is 1.84. The Hall–Kier alpha value is -0.890. The second kappa shape index (κ2) is 2.43. The van der Waals surface area contributed by atoms with Crippen molar-refractivity contribution >= 4 is 10.3 Å². The van der Waals surface area contributed by atoms with Crippen molar-refractivity contribution in [3.05, 3.63) is 0 Å². The van der Waals surface area contributed by atoms with E-state index in [2.05, 4.69) is 15.0 Å². The van der Waals surface area contributed by atoms with Crippen LogP contribution in [0.5, 0.6) is 0 Å². The van der Waals surface area contributed by atoms with Crippen LogP contribution >= 0.6 is 0 Å². The summed E-state index contributed by atoms with van der Waals surface area (Å²) in [6, 6.07) is 0. The molecule has 7 nitrogen and oxygen atoms in total. The van der Waals surface area contributed by atoms with Gasteiger partial charge in [0.15, 0.2) is 0 Å². The fraction of sp³-hybridized carbons (Fsp3) is 0. The van der Waals surface area contributed by atoms with E-state index in [0.29, 0.717) is 0 Å². The molecule has 0 aromatic heterocycles. The Morgan fingerprint density at radius 2 is 2.00 bits per heavy atom. The molecule has 0 radical (unpaired) electrons. The number of hydrogen-bond donors (Lipinski definition) is 2. The van der Waals surface area contributed by atoms with Crippen molar-refractivity contribution in [3.63, 3.8) is 0 Å². The van der Waals surface area contributed by atoms with E-state index in [0.717, 1.165) is 0 Å². The van der Waals surface area contributed by atoms with Crippen LogP contribution in [0, 0.1) is 5.53 Å². The van der Waals surface area contributed by atoms with Gasteiger partial charge in [0.05, 0.1) is 0 Å². The minimum Gasteiger partial charge on any atom is -0.266 e. The van der Waals surface area contributed by atoms with Crippen molar-refractivity contribution in [3.8, 4) is 0 Å². The molecule has 0 unspecified atom stereocenters. The highest BCUT2D eigenvalue weighted by atomic mass is 32.2. The molecule has 0 bridgehead atoms. The second-order valence-electron chi connectivity index (χ2n) is 0.719. The fourth-order valence-corrected chi connectivity index (χ4v) is 0.193. The van der Waals surface area contributed by atoms with E-state index in [1.807, 2.05) is 0 Å². The Labute approximate surface area is 44.8 Å². The summed E-state index contributed by atoms with van der Waals surface area (Å²) in [7, 11) is -4.44. The third-order valence-electron chi connectivity index (χ3n) is 0.184. The third-order valence-corrected chi connectivity index (χ3v) is 0.464. The molecule has 0 fully saturated rings. The molecule has 2 N–H and O–H groups in total. The van der Waals surface area contributed by atoms with Gasteiger partial charge in [-0.15, -0.1) is 0 Å². The molecule has 8 heteroatoms. The molecule has 0 aliphatic carbocycles. The molecule has 0 saturated heterocycles. The largest absolute Gasteiger partial charge is 0.397 e. The summed E-state index contributed by atoms with van der Waals surface area (Å²) < 4.78 is 29.0. The lowest BCUT2D eigenvalue weighted by Crippen LogP contribution is -1.87. The van der Waals surface area contributed by atoms with Gasteiger partial charge in [-0.3, -0.25) is 4.55 Å². The van der Waals surface area contributed by atoms with E-state index in [9.17, 15) is 8.42 Å². The average Bonchev–Trinajstić information content (AvgIpc) is 1.59. The molecule has 0 saturated carbocycles. The van der Waals surface area contributed by atoms with Gasteiger partial charge in [-0.05, 0) is 15.0 Å². The lowest BCUT2D eigenvalue weighted by atomic mass is 12.6. The first kappa shape index (κ1) is 7.11. The molecule has 8 heavy (non-hydrogen) atoms. The van der Waals surface area contributed by atoms with Crippen LogP contribution in [0.1, 0.15) is 0 Å². The fourth-order valence-electron chi connectivity index (χ4n) is 0.0644. The third kappa shape index (κ3) is 5.11. The Morgan fingerprint density at radius 1 is 1.50 bits per heavy atom. The molecule has 0 spiro atoms. The zero-order valence-electron chi connectivity index (χ0n) is 3.51. The lowest BCUT2D eigenvalue weighted by molar-refractivity contribution is 0.481. The predicted molar refractivity (Wildman–Crippen MR) is 21.6 cm³/mol. The number of rotatable bonds is 2. The molecular formula is H2N4O3S. The van der Waals surface area contributed by atoms with E-state index in [1.165, 1.54) is 0 Å². The Morgan fingerprint density at radius 3 is 2.12 bits per heavy atom. The maximum atomic E-state index is 9.54. The van der Waals surface area contributed by atoms with Gasteiger partial charge in [0.2, 0.25) is 0 Å². The number of nitrogens with zero attached hydrogens (tertiary/aromatic N) is 3. The number of hydrogen-bond acceptors (Lipinski definition) is 3. The highest BCUT2D eigenvalue weighted by Gasteiger charge is 1.95. The Balaban J connectivity index is 4.12. The zero-order valence-corrected chi connectivity index (χ0v) is 4.33. The summed E-state index contributed by atoms with van der Waals surface area (Å²) in [5.41, 5.74) is 5.87. The van der Waals surface area contributed by atoms with Crippen molar-refractivity contribution in [2.45, 2.75) is 0 Å². The van der Waals surface area contributed by atoms with Crippen LogP contribution in [-0.4, -0.2) is 13.0 Å². The molecule has 0 aliphatic rings. The molecule has 0 aromatic carbocycles. The molecule has 0 amide bonds. The van der Waals surface area contributed by atoms with Crippen LogP contribution in [0.15, 0.2) is 15.0 Å². The average molecular weight is 138 g/mol. The smallest absolute Gasteiger partial charge is 0.266 e. The molecule has 0 heterocycles. The number of nitrogens with one attached hydrogen (secondary N) is 1.